The fourth-order valence-corrected chi connectivity index (χ4v) is 6.30. The van der Waals surface area contributed by atoms with Gasteiger partial charge in [0.15, 0.2) is 6.10 Å². The van der Waals surface area contributed by atoms with Crippen LogP contribution in [0.1, 0.15) is 181 Å². The van der Waals surface area contributed by atoms with Gasteiger partial charge in [-0.25, -0.2) is 4.79 Å². The minimum atomic E-state index is -1.52. The normalized spacial score (nSPS) is 13.6. The van der Waals surface area contributed by atoms with Crippen molar-refractivity contribution >= 4 is 17.9 Å². The number of hydrogen-bond donors (Lipinski definition) is 1. The molecule has 9 nitrogen and oxygen atoms in total. The van der Waals surface area contributed by atoms with Crippen molar-refractivity contribution in [1.29, 1.82) is 0 Å². The molecule has 0 aromatic rings. The van der Waals surface area contributed by atoms with Gasteiger partial charge in [0.2, 0.25) is 0 Å². The van der Waals surface area contributed by atoms with Gasteiger partial charge in [0.25, 0.3) is 6.29 Å². The van der Waals surface area contributed by atoms with Crippen LogP contribution in [0.15, 0.2) is 85.1 Å². The Bertz CT molecular complexity index is 1300. The fourth-order valence-electron chi connectivity index (χ4n) is 6.30. The molecule has 1 N–H and O–H groups in total. The number of aliphatic carboxylic acids is 1. The monoisotopic (exact) mass is 883 g/mol. The molecule has 0 fully saturated rings. The minimum Gasteiger partial charge on any atom is -0.477 e. The molecule has 0 saturated heterocycles. The summed E-state index contributed by atoms with van der Waals surface area (Å²) in [7, 11) is 5.94. The van der Waals surface area contributed by atoms with E-state index in [9.17, 15) is 19.5 Å². The zero-order chi connectivity index (χ0) is 46.3. The number of likely N-dealkylation sites (N-methyl/N-ethyl adjacent to an activating group) is 1. The number of carboxylic acids is 1. The summed E-state index contributed by atoms with van der Waals surface area (Å²) in [5, 5.41) is 9.66. The first-order chi connectivity index (χ1) is 30.6. The molecule has 0 rings (SSSR count). The predicted octanol–water partition coefficient (Wildman–Crippen LogP) is 13.7. The zero-order valence-corrected chi connectivity index (χ0v) is 40.7. The highest BCUT2D eigenvalue weighted by atomic mass is 16.7. The lowest BCUT2D eigenvalue weighted by Gasteiger charge is -2.25. The first kappa shape index (κ1) is 59.5. The van der Waals surface area contributed by atoms with Crippen LogP contribution in [-0.4, -0.2) is 87.4 Å². The molecular formula is C54H92NO8+. The molecule has 0 bridgehead atoms. The molecule has 2 unspecified atom stereocenters. The van der Waals surface area contributed by atoms with Gasteiger partial charge in [-0.05, 0) is 89.9 Å². The van der Waals surface area contributed by atoms with Crippen molar-refractivity contribution in [3.05, 3.63) is 85.1 Å². The van der Waals surface area contributed by atoms with Gasteiger partial charge in [-0.1, -0.05) is 163 Å². The summed E-state index contributed by atoms with van der Waals surface area (Å²) in [4.78, 5) is 37.2. The summed E-state index contributed by atoms with van der Waals surface area (Å²) in [6.45, 7) is 4.68. The van der Waals surface area contributed by atoms with E-state index in [4.69, 9.17) is 18.9 Å². The summed E-state index contributed by atoms with van der Waals surface area (Å²) in [5.74, 6) is -2.07. The maximum atomic E-state index is 12.8. The summed E-state index contributed by atoms with van der Waals surface area (Å²) >= 11 is 0. The van der Waals surface area contributed by atoms with Crippen molar-refractivity contribution < 1.29 is 42.9 Å². The van der Waals surface area contributed by atoms with Crippen molar-refractivity contribution in [2.45, 2.75) is 193 Å². The molecule has 0 aromatic carbocycles. The average molecular weight is 883 g/mol. The van der Waals surface area contributed by atoms with Crippen molar-refractivity contribution in [1.82, 2.24) is 0 Å². The molecule has 0 spiro atoms. The van der Waals surface area contributed by atoms with E-state index in [1.807, 2.05) is 21.1 Å². The van der Waals surface area contributed by atoms with Crippen LogP contribution < -0.4 is 0 Å². The Labute approximate surface area is 385 Å². The molecule has 63 heavy (non-hydrogen) atoms. The Kier molecular flexibility index (Phi) is 42.5. The summed E-state index contributed by atoms with van der Waals surface area (Å²) < 4.78 is 22.7. The number of allylic oxidation sites excluding steroid dienone is 14. The van der Waals surface area contributed by atoms with Gasteiger partial charge >= 0.3 is 17.9 Å². The summed E-state index contributed by atoms with van der Waals surface area (Å²) in [6.07, 6.45) is 55.0. The third-order valence-electron chi connectivity index (χ3n) is 10.1. The van der Waals surface area contributed by atoms with Crippen LogP contribution in [0.3, 0.4) is 0 Å². The van der Waals surface area contributed by atoms with E-state index < -0.39 is 24.3 Å². The smallest absolute Gasteiger partial charge is 0.361 e. The second-order valence-corrected chi connectivity index (χ2v) is 17.4. The van der Waals surface area contributed by atoms with E-state index in [1.54, 1.807) is 0 Å². The maximum Gasteiger partial charge on any atom is 0.361 e. The fraction of sp³-hybridized carbons (Fsp3) is 0.685. The van der Waals surface area contributed by atoms with E-state index >= 15 is 0 Å². The minimum absolute atomic E-state index is 0.175. The molecule has 0 radical (unpaired) electrons. The highest BCUT2D eigenvalue weighted by molar-refractivity contribution is 5.71. The highest BCUT2D eigenvalue weighted by Gasteiger charge is 2.25. The third kappa shape index (κ3) is 46.3. The van der Waals surface area contributed by atoms with Crippen molar-refractivity contribution in [3.63, 3.8) is 0 Å². The lowest BCUT2D eigenvalue weighted by atomic mass is 10.1. The molecule has 0 aliphatic carbocycles. The van der Waals surface area contributed by atoms with Crippen molar-refractivity contribution in [3.8, 4) is 0 Å². The first-order valence-electron chi connectivity index (χ1n) is 24.8. The van der Waals surface area contributed by atoms with Crippen LogP contribution >= 0.6 is 0 Å². The number of carbonyl (C=O) groups excluding carboxylic acids is 2. The molecule has 0 amide bonds. The molecule has 0 aliphatic heterocycles. The summed E-state index contributed by atoms with van der Waals surface area (Å²) in [6, 6.07) is 0. The molecule has 2 atom stereocenters. The standard InChI is InChI=1S/C54H91NO8/c1-6-8-10-12-14-16-18-20-22-24-25-26-27-29-30-32-34-36-38-40-42-44-51(56)61-48-50(49-62-54(53(58)59)60-47-46-55(3,4)5)63-52(57)45-43-41-39-37-35-33-31-28-23-21-19-17-15-13-11-9-7-2/h9,11,15,17-18,20-21,23-25,27,29,31,33,50,54H,6-8,10,12-14,16,19,22,26,28,30,32,34-49H2,1-5H3/p+1/b11-9-,17-15-,20-18-,23-21-,25-24-,29-27-,33-31-. The molecule has 0 saturated carbocycles. The molecule has 0 aromatic heterocycles. The number of carbonyl (C=O) groups is 3. The van der Waals surface area contributed by atoms with E-state index in [0.717, 1.165) is 96.3 Å². The van der Waals surface area contributed by atoms with E-state index in [-0.39, 0.29) is 38.6 Å². The molecule has 9 heteroatoms. The topological polar surface area (TPSA) is 108 Å². The average Bonchev–Trinajstić information content (AvgIpc) is 3.24. The number of unbranched alkanes of at least 4 members (excludes halogenated alkanes) is 15. The number of hydrogen-bond acceptors (Lipinski definition) is 7. The molecule has 0 heterocycles. The van der Waals surface area contributed by atoms with Crippen LogP contribution in [0.25, 0.3) is 0 Å². The second-order valence-electron chi connectivity index (χ2n) is 17.4. The van der Waals surface area contributed by atoms with Gasteiger partial charge in [0.05, 0.1) is 34.4 Å². The van der Waals surface area contributed by atoms with E-state index in [0.29, 0.717) is 17.4 Å². The zero-order valence-electron chi connectivity index (χ0n) is 40.7. The van der Waals surface area contributed by atoms with Crippen molar-refractivity contribution in [2.24, 2.45) is 0 Å². The third-order valence-corrected chi connectivity index (χ3v) is 10.1. The van der Waals surface area contributed by atoms with Gasteiger partial charge in [0, 0.05) is 12.8 Å². The van der Waals surface area contributed by atoms with Gasteiger partial charge in [-0.15, -0.1) is 0 Å². The maximum absolute atomic E-state index is 12.8. The largest absolute Gasteiger partial charge is 0.477 e. The number of rotatable bonds is 44. The summed E-state index contributed by atoms with van der Waals surface area (Å²) in [5.41, 5.74) is 0. The highest BCUT2D eigenvalue weighted by Crippen LogP contribution is 2.13. The Morgan fingerprint density at radius 2 is 0.905 bits per heavy atom. The van der Waals surface area contributed by atoms with Crippen LogP contribution in [-0.2, 0) is 33.3 Å². The van der Waals surface area contributed by atoms with Crippen LogP contribution in [0.5, 0.6) is 0 Å². The number of nitrogens with zero attached hydrogens (tertiary/aromatic N) is 1. The van der Waals surface area contributed by atoms with Gasteiger partial charge in [-0.2, -0.15) is 0 Å². The van der Waals surface area contributed by atoms with Gasteiger partial charge in [0.1, 0.15) is 13.2 Å². The lowest BCUT2D eigenvalue weighted by Crippen LogP contribution is -2.40. The van der Waals surface area contributed by atoms with Crippen LogP contribution in [0.4, 0.5) is 0 Å². The second kappa shape index (κ2) is 45.1. The van der Waals surface area contributed by atoms with Crippen molar-refractivity contribution in [2.75, 3.05) is 47.5 Å². The Morgan fingerprint density at radius 3 is 1.35 bits per heavy atom. The quantitative estimate of drug-likeness (QED) is 0.0212. The first-order valence-corrected chi connectivity index (χ1v) is 24.8. The van der Waals surface area contributed by atoms with Crippen LogP contribution in [0.2, 0.25) is 0 Å². The van der Waals surface area contributed by atoms with Gasteiger partial charge in [-0.3, -0.25) is 9.59 Å². The molecule has 0 aliphatic rings. The SMILES string of the molecule is CC/C=C\C/C=C\C/C=C\C/C=C\CCCCCCC(=O)OC(COC(=O)CCCCCCCC/C=C\C/C=C\C/C=C\CCCCCCC)COC(OCC[N+](C)(C)C)C(=O)O. The van der Waals surface area contributed by atoms with Gasteiger partial charge < -0.3 is 28.5 Å². The van der Waals surface area contributed by atoms with Crippen LogP contribution in [0, 0.1) is 0 Å². The van der Waals surface area contributed by atoms with E-state index in [2.05, 4.69) is 98.9 Å². The Balaban J connectivity index is 4.45. The lowest BCUT2D eigenvalue weighted by molar-refractivity contribution is -0.870. The number of quaternary nitrogens is 1. The van der Waals surface area contributed by atoms with E-state index in [1.165, 1.54) is 51.4 Å². The Hall–Kier alpha value is -3.53. The Morgan fingerprint density at radius 1 is 0.492 bits per heavy atom. The molecule has 360 valence electrons. The molecular weight excluding hydrogens is 791 g/mol. The number of carboxylic acid groups (broad SMARTS) is 1. The number of esters is 2. The number of ether oxygens (including phenoxy) is 4. The predicted molar refractivity (Wildman–Crippen MR) is 262 cm³/mol.